The minimum absolute atomic E-state index is 0.0472. The van der Waals surface area contributed by atoms with Crippen molar-refractivity contribution >= 4 is 27.0 Å². The van der Waals surface area contributed by atoms with E-state index in [9.17, 15) is 13.2 Å². The van der Waals surface area contributed by atoms with Crippen molar-refractivity contribution in [2.45, 2.75) is 50.3 Å². The summed E-state index contributed by atoms with van der Waals surface area (Å²) >= 11 is 0. The van der Waals surface area contributed by atoms with Crippen molar-refractivity contribution in [3.05, 3.63) is 36.5 Å². The van der Waals surface area contributed by atoms with Gasteiger partial charge in [-0.25, -0.2) is 22.9 Å². The monoisotopic (exact) mass is 457 g/mol. The average molecular weight is 458 g/mol. The number of hydrogen-bond donors (Lipinski definition) is 0. The lowest BCUT2D eigenvalue weighted by atomic mass is 10.0. The third kappa shape index (κ3) is 4.74. The van der Waals surface area contributed by atoms with Gasteiger partial charge in [0.1, 0.15) is 11.1 Å². The molecule has 1 aromatic carbocycles. The zero-order chi connectivity index (χ0) is 23.1. The largest absolute Gasteiger partial charge is 0.444 e. The standard InChI is InChI=1S/C22H27N5O4S/c1-22(2,3)31-21(28)26-11-9-17(10-12-26)27-19-7-5-15(13-18(19)24-25-27)16-6-8-20(23-14-16)32(4,29)30/h5-8,13-14,17H,9-12H2,1-4H3. The fraction of sp³-hybridized carbons (Fsp3) is 0.455. The molecular weight excluding hydrogens is 430 g/mol. The van der Waals surface area contributed by atoms with E-state index in [-0.39, 0.29) is 17.2 Å². The van der Waals surface area contributed by atoms with Gasteiger partial charge in [-0.15, -0.1) is 5.10 Å². The first-order valence-corrected chi connectivity index (χ1v) is 12.4. The highest BCUT2D eigenvalue weighted by atomic mass is 32.2. The van der Waals surface area contributed by atoms with Crippen LogP contribution in [0.5, 0.6) is 0 Å². The minimum Gasteiger partial charge on any atom is -0.444 e. The van der Waals surface area contributed by atoms with Crippen molar-refractivity contribution in [3.8, 4) is 11.1 Å². The maximum Gasteiger partial charge on any atom is 0.410 e. The lowest BCUT2D eigenvalue weighted by Gasteiger charge is -2.33. The van der Waals surface area contributed by atoms with E-state index in [1.54, 1.807) is 17.2 Å². The zero-order valence-corrected chi connectivity index (χ0v) is 19.5. The molecule has 4 rings (SSSR count). The molecule has 1 aliphatic rings. The van der Waals surface area contributed by atoms with Crippen LogP contribution in [0.15, 0.2) is 41.6 Å². The van der Waals surface area contributed by atoms with Crippen molar-refractivity contribution in [1.29, 1.82) is 0 Å². The summed E-state index contributed by atoms with van der Waals surface area (Å²) in [6.45, 7) is 6.81. The molecule has 0 spiro atoms. The molecule has 1 saturated heterocycles. The Bertz CT molecular complexity index is 1240. The molecule has 1 amide bonds. The van der Waals surface area contributed by atoms with Gasteiger partial charge in [0.25, 0.3) is 0 Å². The van der Waals surface area contributed by atoms with Crippen LogP contribution in [0.1, 0.15) is 39.7 Å². The number of amides is 1. The molecule has 0 aliphatic carbocycles. The van der Waals surface area contributed by atoms with Gasteiger partial charge in [0.05, 0.1) is 11.6 Å². The highest BCUT2D eigenvalue weighted by molar-refractivity contribution is 7.90. The normalized spacial score (nSPS) is 15.8. The quantitative estimate of drug-likeness (QED) is 0.593. The van der Waals surface area contributed by atoms with Crippen LogP contribution in [0.2, 0.25) is 0 Å². The number of ether oxygens (including phenoxy) is 1. The third-order valence-corrected chi connectivity index (χ3v) is 6.38. The van der Waals surface area contributed by atoms with Gasteiger partial charge in [0.15, 0.2) is 14.9 Å². The highest BCUT2D eigenvalue weighted by Gasteiger charge is 2.28. The zero-order valence-electron chi connectivity index (χ0n) is 18.6. The molecule has 9 nitrogen and oxygen atoms in total. The summed E-state index contributed by atoms with van der Waals surface area (Å²) in [5.41, 5.74) is 2.86. The number of likely N-dealkylation sites (tertiary alicyclic amines) is 1. The number of aromatic nitrogens is 4. The van der Waals surface area contributed by atoms with Crippen molar-refractivity contribution in [2.75, 3.05) is 19.3 Å². The predicted octanol–water partition coefficient (Wildman–Crippen LogP) is 3.47. The van der Waals surface area contributed by atoms with E-state index in [1.165, 1.54) is 6.07 Å². The Morgan fingerprint density at radius 3 is 2.38 bits per heavy atom. The number of pyridine rings is 1. The van der Waals surface area contributed by atoms with E-state index in [1.807, 2.05) is 43.7 Å². The molecule has 3 aromatic rings. The van der Waals surface area contributed by atoms with Gasteiger partial charge in [0.2, 0.25) is 0 Å². The SMILES string of the molecule is CC(C)(C)OC(=O)N1CCC(n2nnc3cc(-c4ccc(S(C)(=O)=O)nc4)ccc32)CC1. The number of sulfone groups is 1. The van der Waals surface area contributed by atoms with Crippen molar-refractivity contribution < 1.29 is 17.9 Å². The Morgan fingerprint density at radius 1 is 1.09 bits per heavy atom. The van der Waals surface area contributed by atoms with E-state index >= 15 is 0 Å². The van der Waals surface area contributed by atoms with Crippen LogP contribution < -0.4 is 0 Å². The molecule has 0 saturated carbocycles. The first kappa shape index (κ1) is 22.2. The van der Waals surface area contributed by atoms with Crippen LogP contribution in [-0.4, -0.2) is 64.3 Å². The second-order valence-corrected chi connectivity index (χ2v) is 11.1. The molecule has 1 aliphatic heterocycles. The molecule has 32 heavy (non-hydrogen) atoms. The second-order valence-electron chi connectivity index (χ2n) is 9.09. The van der Waals surface area contributed by atoms with Gasteiger partial charge in [0, 0.05) is 31.1 Å². The summed E-state index contributed by atoms with van der Waals surface area (Å²) in [5, 5.41) is 8.74. The molecule has 0 bridgehead atoms. The summed E-state index contributed by atoms with van der Waals surface area (Å²) in [6.07, 6.45) is 3.96. The number of piperidine rings is 1. The first-order chi connectivity index (χ1) is 15.0. The highest BCUT2D eigenvalue weighted by Crippen LogP contribution is 2.29. The summed E-state index contributed by atoms with van der Waals surface area (Å²) in [5.74, 6) is 0. The topological polar surface area (TPSA) is 107 Å². The summed E-state index contributed by atoms with van der Waals surface area (Å²) in [7, 11) is -3.33. The fourth-order valence-corrected chi connectivity index (χ4v) is 4.34. The number of benzene rings is 1. The Hall–Kier alpha value is -3.01. The van der Waals surface area contributed by atoms with Gasteiger partial charge in [-0.05, 0) is 63.4 Å². The lowest BCUT2D eigenvalue weighted by Crippen LogP contribution is -2.42. The summed E-state index contributed by atoms with van der Waals surface area (Å²) < 4.78 is 30.6. The van der Waals surface area contributed by atoms with Crippen LogP contribution in [0.25, 0.3) is 22.2 Å². The summed E-state index contributed by atoms with van der Waals surface area (Å²) in [4.78, 5) is 18.1. The average Bonchev–Trinajstić information content (AvgIpc) is 3.15. The van der Waals surface area contributed by atoms with E-state index in [4.69, 9.17) is 4.74 Å². The van der Waals surface area contributed by atoms with Gasteiger partial charge < -0.3 is 9.64 Å². The van der Waals surface area contributed by atoms with E-state index in [2.05, 4.69) is 15.3 Å². The van der Waals surface area contributed by atoms with Crippen molar-refractivity contribution in [3.63, 3.8) is 0 Å². The van der Waals surface area contributed by atoms with Gasteiger partial charge in [-0.1, -0.05) is 11.3 Å². The van der Waals surface area contributed by atoms with Gasteiger partial charge in [-0.2, -0.15) is 0 Å². The fourth-order valence-electron chi connectivity index (χ4n) is 3.78. The van der Waals surface area contributed by atoms with Crippen molar-refractivity contribution in [2.24, 2.45) is 0 Å². The number of nitrogens with zero attached hydrogens (tertiary/aromatic N) is 5. The smallest absolute Gasteiger partial charge is 0.410 e. The second kappa shape index (κ2) is 8.16. The van der Waals surface area contributed by atoms with Crippen LogP contribution in [0.4, 0.5) is 4.79 Å². The number of carbonyl (C=O) groups excluding carboxylic acids is 1. The summed E-state index contributed by atoms with van der Waals surface area (Å²) in [6, 6.07) is 9.24. The Labute approximate surface area is 187 Å². The van der Waals surface area contributed by atoms with Crippen molar-refractivity contribution in [1.82, 2.24) is 24.9 Å². The number of carbonyl (C=O) groups is 1. The first-order valence-electron chi connectivity index (χ1n) is 10.5. The molecule has 0 unspecified atom stereocenters. The molecule has 2 aromatic heterocycles. The molecule has 0 radical (unpaired) electrons. The molecule has 0 atom stereocenters. The predicted molar refractivity (Wildman–Crippen MR) is 120 cm³/mol. The number of hydrogen-bond acceptors (Lipinski definition) is 7. The van der Waals surface area contributed by atoms with Crippen LogP contribution in [-0.2, 0) is 14.6 Å². The Morgan fingerprint density at radius 2 is 1.78 bits per heavy atom. The van der Waals surface area contributed by atoms with E-state index in [0.717, 1.165) is 41.3 Å². The third-order valence-electron chi connectivity index (χ3n) is 5.38. The molecule has 170 valence electrons. The minimum atomic E-state index is -3.33. The molecular formula is C22H27N5O4S. The molecule has 10 heteroatoms. The molecule has 1 fully saturated rings. The maximum absolute atomic E-state index is 12.3. The lowest BCUT2D eigenvalue weighted by molar-refractivity contribution is 0.0185. The van der Waals surface area contributed by atoms with E-state index in [0.29, 0.717) is 13.1 Å². The molecule has 0 N–H and O–H groups in total. The van der Waals surface area contributed by atoms with Gasteiger partial charge >= 0.3 is 6.09 Å². The maximum atomic E-state index is 12.3. The Balaban J connectivity index is 1.49. The number of rotatable bonds is 3. The van der Waals surface area contributed by atoms with Crippen LogP contribution >= 0.6 is 0 Å². The number of fused-ring (bicyclic) bond motifs is 1. The van der Waals surface area contributed by atoms with Gasteiger partial charge in [-0.3, -0.25) is 0 Å². The van der Waals surface area contributed by atoms with Crippen LogP contribution in [0, 0.1) is 0 Å². The molecule has 3 heterocycles. The Kier molecular flexibility index (Phi) is 5.66. The van der Waals surface area contributed by atoms with E-state index < -0.39 is 15.4 Å². The van der Waals surface area contributed by atoms with Crippen LogP contribution in [0.3, 0.4) is 0 Å².